The summed E-state index contributed by atoms with van der Waals surface area (Å²) in [5.74, 6) is -1.33. The first-order chi connectivity index (χ1) is 16.4. The van der Waals surface area contributed by atoms with Gasteiger partial charge in [0.2, 0.25) is 0 Å². The molecule has 2 aliphatic heterocycles. The van der Waals surface area contributed by atoms with Crippen LogP contribution in [0.5, 0.6) is 11.5 Å². The monoisotopic (exact) mass is 470 g/mol. The van der Waals surface area contributed by atoms with E-state index < -0.39 is 5.97 Å². The highest BCUT2D eigenvalue weighted by molar-refractivity contribution is 6.00. The fraction of sp³-hybridized carbons (Fsp3) is 0.500. The Balaban J connectivity index is 1.82. The van der Waals surface area contributed by atoms with Crippen LogP contribution >= 0.6 is 0 Å². The highest BCUT2D eigenvalue weighted by atomic mass is 16.6. The van der Waals surface area contributed by atoms with Crippen LogP contribution in [0.4, 0.5) is 0 Å². The van der Waals surface area contributed by atoms with Gasteiger partial charge in [-0.3, -0.25) is 4.79 Å². The number of aromatic hydroxyl groups is 2. The van der Waals surface area contributed by atoms with Crippen LogP contribution in [0.25, 0.3) is 0 Å². The standard InChI is InChI=1S/C26H34N2O6/c1-18-10-9-11-19(2)28(18)24(31)17-34-27-21-12-7-5-3-4-6-8-13-33-26(32)25-20(14-21)15-22(29)16-23(25)30/h4,6-7,12,15-16,18-19,29-30H,3,5,8-11,13-14,17H2,1-2H3/b6-4+,12-7+,27-21-. The first kappa shape index (κ1) is 25.3. The van der Waals surface area contributed by atoms with Gasteiger partial charge >= 0.3 is 5.97 Å². The average Bonchev–Trinajstić information content (AvgIpc) is 2.76. The van der Waals surface area contributed by atoms with Crippen molar-refractivity contribution in [3.63, 3.8) is 0 Å². The zero-order valence-corrected chi connectivity index (χ0v) is 19.9. The summed E-state index contributed by atoms with van der Waals surface area (Å²) in [5, 5.41) is 24.5. The molecule has 0 saturated carbocycles. The van der Waals surface area contributed by atoms with Gasteiger partial charge < -0.3 is 24.7 Å². The summed E-state index contributed by atoms with van der Waals surface area (Å²) in [4.78, 5) is 32.7. The molecule has 8 nitrogen and oxygen atoms in total. The molecule has 2 heterocycles. The van der Waals surface area contributed by atoms with Gasteiger partial charge in [0, 0.05) is 24.6 Å². The molecular weight excluding hydrogens is 436 g/mol. The maximum Gasteiger partial charge on any atom is 0.342 e. The van der Waals surface area contributed by atoms with Crippen LogP contribution in [-0.2, 0) is 20.8 Å². The zero-order valence-electron chi connectivity index (χ0n) is 19.9. The molecule has 0 aromatic heterocycles. The molecule has 1 fully saturated rings. The van der Waals surface area contributed by atoms with E-state index in [1.165, 1.54) is 6.07 Å². The number of nitrogens with zero attached hydrogens (tertiary/aromatic N) is 2. The molecule has 0 radical (unpaired) electrons. The van der Waals surface area contributed by atoms with Gasteiger partial charge in [0.05, 0.1) is 12.3 Å². The predicted molar refractivity (Wildman–Crippen MR) is 129 cm³/mol. The van der Waals surface area contributed by atoms with Gasteiger partial charge in [-0.15, -0.1) is 0 Å². The Morgan fingerprint density at radius 1 is 1.12 bits per heavy atom. The van der Waals surface area contributed by atoms with E-state index >= 15 is 0 Å². The lowest BCUT2D eigenvalue weighted by atomic mass is 9.97. The molecule has 2 aliphatic rings. The number of carbonyl (C=O) groups is 2. The number of piperidine rings is 1. The Morgan fingerprint density at radius 2 is 1.82 bits per heavy atom. The topological polar surface area (TPSA) is 109 Å². The number of esters is 1. The van der Waals surface area contributed by atoms with E-state index in [-0.39, 0.29) is 54.7 Å². The lowest BCUT2D eigenvalue weighted by Gasteiger charge is -2.38. The number of fused-ring (bicyclic) bond motifs is 1. The Kier molecular flexibility index (Phi) is 9.13. The third-order valence-electron chi connectivity index (χ3n) is 6.11. The lowest BCUT2D eigenvalue weighted by molar-refractivity contribution is -0.142. The average molecular weight is 471 g/mol. The van der Waals surface area contributed by atoms with Gasteiger partial charge in [0.15, 0.2) is 6.61 Å². The number of ether oxygens (including phenoxy) is 1. The molecule has 184 valence electrons. The SMILES string of the molecule is CC1CCCC(C)N1C(=O)CO/N=C1/C=C/CC/C=C/CCOC(=O)c2c(O)cc(O)cc2C1. The van der Waals surface area contributed by atoms with Crippen molar-refractivity contribution in [3.8, 4) is 11.5 Å². The first-order valence-electron chi connectivity index (χ1n) is 11.9. The third-order valence-corrected chi connectivity index (χ3v) is 6.11. The number of amides is 1. The largest absolute Gasteiger partial charge is 0.508 e. The van der Waals surface area contributed by atoms with Crippen LogP contribution in [0, 0.1) is 0 Å². The normalized spacial score (nSPS) is 25.1. The number of benzene rings is 1. The molecule has 1 aromatic rings. The Morgan fingerprint density at radius 3 is 2.59 bits per heavy atom. The summed E-state index contributed by atoms with van der Waals surface area (Å²) in [5.41, 5.74) is 0.784. The Hall–Kier alpha value is -3.29. The molecule has 2 atom stereocenters. The summed E-state index contributed by atoms with van der Waals surface area (Å²) in [6.07, 6.45) is 13.0. The predicted octanol–water partition coefficient (Wildman–Crippen LogP) is 4.26. The van der Waals surface area contributed by atoms with Crippen molar-refractivity contribution >= 4 is 17.6 Å². The van der Waals surface area contributed by atoms with Crippen molar-refractivity contribution < 1.29 is 29.4 Å². The van der Waals surface area contributed by atoms with E-state index in [4.69, 9.17) is 9.57 Å². The molecule has 0 bridgehead atoms. The van der Waals surface area contributed by atoms with Crippen LogP contribution < -0.4 is 0 Å². The molecule has 2 unspecified atom stereocenters. The van der Waals surface area contributed by atoms with Crippen LogP contribution in [0.3, 0.4) is 0 Å². The number of carbonyl (C=O) groups excluding carboxylic acids is 2. The number of oxime groups is 1. The maximum atomic E-state index is 12.7. The first-order valence-corrected chi connectivity index (χ1v) is 11.9. The quantitative estimate of drug-likeness (QED) is 0.388. The minimum absolute atomic E-state index is 0.0213. The summed E-state index contributed by atoms with van der Waals surface area (Å²) >= 11 is 0. The van der Waals surface area contributed by atoms with Crippen molar-refractivity contribution in [2.45, 2.75) is 70.9 Å². The number of allylic oxidation sites excluding steroid dienone is 3. The second-order valence-corrected chi connectivity index (χ2v) is 8.84. The highest BCUT2D eigenvalue weighted by Crippen LogP contribution is 2.29. The Bertz CT molecular complexity index is 958. The molecular formula is C26H34N2O6. The van der Waals surface area contributed by atoms with Crippen molar-refractivity contribution in [1.82, 2.24) is 4.90 Å². The van der Waals surface area contributed by atoms with Gasteiger partial charge in [0.25, 0.3) is 5.91 Å². The molecule has 1 aromatic carbocycles. The van der Waals surface area contributed by atoms with Gasteiger partial charge in [-0.05, 0) is 70.1 Å². The maximum absolute atomic E-state index is 12.7. The van der Waals surface area contributed by atoms with Gasteiger partial charge in [-0.25, -0.2) is 4.79 Å². The van der Waals surface area contributed by atoms with Crippen molar-refractivity contribution in [2.75, 3.05) is 13.2 Å². The number of likely N-dealkylation sites (tertiary alicyclic amines) is 1. The minimum Gasteiger partial charge on any atom is -0.508 e. The van der Waals surface area contributed by atoms with Crippen molar-refractivity contribution in [1.29, 1.82) is 0 Å². The fourth-order valence-electron chi connectivity index (χ4n) is 4.46. The van der Waals surface area contributed by atoms with E-state index in [2.05, 4.69) is 5.16 Å². The number of phenols is 2. The lowest BCUT2D eigenvalue weighted by Crippen LogP contribution is -2.48. The molecule has 8 heteroatoms. The van der Waals surface area contributed by atoms with Crippen LogP contribution in [0.15, 0.2) is 41.6 Å². The molecule has 34 heavy (non-hydrogen) atoms. The van der Waals surface area contributed by atoms with Crippen LogP contribution in [0.1, 0.15) is 68.3 Å². The molecule has 3 rings (SSSR count). The zero-order chi connectivity index (χ0) is 24.5. The molecule has 0 aliphatic carbocycles. The summed E-state index contributed by atoms with van der Waals surface area (Å²) in [6, 6.07) is 2.83. The second kappa shape index (κ2) is 12.3. The summed E-state index contributed by atoms with van der Waals surface area (Å²) < 4.78 is 5.30. The highest BCUT2D eigenvalue weighted by Gasteiger charge is 2.29. The van der Waals surface area contributed by atoms with Crippen molar-refractivity contribution in [3.05, 3.63) is 47.6 Å². The molecule has 1 amide bonds. The smallest absolute Gasteiger partial charge is 0.342 e. The van der Waals surface area contributed by atoms with Gasteiger partial charge in [-0.2, -0.15) is 0 Å². The molecule has 0 spiro atoms. The van der Waals surface area contributed by atoms with Gasteiger partial charge in [0.1, 0.15) is 17.1 Å². The summed E-state index contributed by atoms with van der Waals surface area (Å²) in [7, 11) is 0. The fourth-order valence-corrected chi connectivity index (χ4v) is 4.46. The molecule has 2 N–H and O–H groups in total. The summed E-state index contributed by atoms with van der Waals surface area (Å²) in [6.45, 7) is 4.09. The van der Waals surface area contributed by atoms with E-state index in [0.717, 1.165) is 38.2 Å². The van der Waals surface area contributed by atoms with Crippen LogP contribution in [-0.4, -0.2) is 58.0 Å². The van der Waals surface area contributed by atoms with E-state index in [0.29, 0.717) is 17.7 Å². The second-order valence-electron chi connectivity index (χ2n) is 8.84. The van der Waals surface area contributed by atoms with E-state index in [1.54, 1.807) is 6.08 Å². The van der Waals surface area contributed by atoms with Gasteiger partial charge in [-0.1, -0.05) is 23.4 Å². The molecule has 1 saturated heterocycles. The van der Waals surface area contributed by atoms with E-state index in [1.807, 2.05) is 37.0 Å². The number of cyclic esters (lactones) is 1. The number of hydrogen-bond donors (Lipinski definition) is 2. The number of hydrogen-bond acceptors (Lipinski definition) is 7. The van der Waals surface area contributed by atoms with E-state index in [9.17, 15) is 19.8 Å². The minimum atomic E-state index is -0.676. The number of phenolic OH excluding ortho intramolecular Hbond substituents is 2. The third kappa shape index (κ3) is 6.85. The Labute approximate surface area is 200 Å². The number of rotatable bonds is 3. The van der Waals surface area contributed by atoms with Crippen molar-refractivity contribution in [2.24, 2.45) is 5.16 Å². The van der Waals surface area contributed by atoms with Crippen LogP contribution in [0.2, 0.25) is 0 Å².